The Labute approximate surface area is 219 Å². The van der Waals surface area contributed by atoms with Gasteiger partial charge in [0.1, 0.15) is 6.10 Å². The summed E-state index contributed by atoms with van der Waals surface area (Å²) >= 11 is 0. The van der Waals surface area contributed by atoms with Crippen LogP contribution >= 0.6 is 0 Å². The van der Waals surface area contributed by atoms with Crippen LogP contribution < -0.4 is 0 Å². The van der Waals surface area contributed by atoms with E-state index in [0.29, 0.717) is 37.7 Å². The lowest BCUT2D eigenvalue weighted by atomic mass is 9.45. The van der Waals surface area contributed by atoms with Crippen molar-refractivity contribution in [1.82, 2.24) is 0 Å². The zero-order chi connectivity index (χ0) is 27.3. The summed E-state index contributed by atoms with van der Waals surface area (Å²) in [6, 6.07) is 0. The van der Waals surface area contributed by atoms with Crippen molar-refractivity contribution in [3.05, 3.63) is 11.6 Å². The fourth-order valence-corrected chi connectivity index (χ4v) is 9.39. The molecule has 8 nitrogen and oxygen atoms in total. The van der Waals surface area contributed by atoms with Crippen molar-refractivity contribution in [2.24, 2.45) is 40.4 Å². The molecule has 0 amide bonds. The van der Waals surface area contributed by atoms with Crippen LogP contribution in [-0.2, 0) is 14.3 Å². The van der Waals surface area contributed by atoms with Crippen LogP contribution in [0.5, 0.6) is 0 Å². The van der Waals surface area contributed by atoms with Crippen LogP contribution in [0.4, 0.5) is 0 Å². The van der Waals surface area contributed by atoms with Gasteiger partial charge in [-0.3, -0.25) is 9.59 Å². The number of hydrogen-bond acceptors (Lipinski definition) is 8. The van der Waals surface area contributed by atoms with E-state index in [1.54, 1.807) is 19.9 Å². The Kier molecular flexibility index (Phi) is 6.33. The van der Waals surface area contributed by atoms with E-state index in [2.05, 4.69) is 0 Å². The molecule has 208 valence electrons. The van der Waals surface area contributed by atoms with Crippen molar-refractivity contribution >= 4 is 11.8 Å². The minimum Gasteiger partial charge on any atom is -0.462 e. The first kappa shape index (κ1) is 27.3. The van der Waals surface area contributed by atoms with Gasteiger partial charge in [0.15, 0.2) is 5.78 Å². The number of aliphatic hydroxyl groups excluding tert-OH is 3. The summed E-state index contributed by atoms with van der Waals surface area (Å²) in [6.45, 7) is 9.21. The predicted octanol–water partition coefficient (Wildman–Crippen LogP) is 1.89. The standard InChI is InChI=1S/C29H44O8/c1-14-16(15(2)37-25(14)34)10-24(33)28(5,35)23-7-9-29(36)18-11-20(30)19-12-21(31)22(32)13-26(19,3)17(18)6-8-27(23,29)4/h11,14-17,19,21-24,31-33,35-36H,6-10,12-13H2,1-5H3/t14-,15+,16-,17?,19-,21-,22-,23-,24+,26+,27+,28+,29+/m0/s1. The summed E-state index contributed by atoms with van der Waals surface area (Å²) in [5, 5.41) is 56.2. The summed E-state index contributed by atoms with van der Waals surface area (Å²) < 4.78 is 5.34. The van der Waals surface area contributed by atoms with Crippen LogP contribution in [0.1, 0.15) is 79.6 Å². The van der Waals surface area contributed by atoms with E-state index >= 15 is 0 Å². The van der Waals surface area contributed by atoms with Gasteiger partial charge in [0.05, 0.1) is 35.4 Å². The second-order valence-electron chi connectivity index (χ2n) is 13.7. The third kappa shape index (κ3) is 3.65. The van der Waals surface area contributed by atoms with E-state index in [9.17, 15) is 35.1 Å². The van der Waals surface area contributed by atoms with Crippen molar-refractivity contribution in [3.8, 4) is 0 Å². The van der Waals surface area contributed by atoms with Crippen LogP contribution in [0.25, 0.3) is 0 Å². The number of ketones is 1. The Morgan fingerprint density at radius 2 is 1.78 bits per heavy atom. The number of hydrogen-bond donors (Lipinski definition) is 5. The maximum absolute atomic E-state index is 13.3. The number of carbonyl (C=O) groups is 2. The quantitative estimate of drug-likeness (QED) is 0.354. The summed E-state index contributed by atoms with van der Waals surface area (Å²) in [5.41, 5.74) is -3.47. The highest BCUT2D eigenvalue weighted by Crippen LogP contribution is 2.68. The number of fused-ring (bicyclic) bond motifs is 5. The second-order valence-corrected chi connectivity index (χ2v) is 13.7. The third-order valence-electron chi connectivity index (χ3n) is 11.9. The van der Waals surface area contributed by atoms with E-state index in [0.717, 1.165) is 0 Å². The molecular formula is C29H44O8. The Morgan fingerprint density at radius 1 is 1.11 bits per heavy atom. The molecule has 1 unspecified atom stereocenters. The molecule has 5 aliphatic rings. The first-order chi connectivity index (χ1) is 17.1. The highest BCUT2D eigenvalue weighted by molar-refractivity contribution is 5.95. The molecule has 1 aliphatic heterocycles. The molecule has 1 saturated heterocycles. The molecule has 4 fully saturated rings. The van der Waals surface area contributed by atoms with Crippen molar-refractivity contribution in [2.45, 2.75) is 115 Å². The number of carbonyl (C=O) groups excluding carboxylic acids is 2. The molecule has 0 aromatic heterocycles. The van der Waals surface area contributed by atoms with Gasteiger partial charge in [-0.05, 0) is 87.7 Å². The normalized spacial score (nSPS) is 51.9. The average Bonchev–Trinajstić information content (AvgIpc) is 3.23. The van der Waals surface area contributed by atoms with Crippen molar-refractivity contribution in [3.63, 3.8) is 0 Å². The van der Waals surface area contributed by atoms with Gasteiger partial charge in [0.25, 0.3) is 0 Å². The molecule has 4 aliphatic carbocycles. The van der Waals surface area contributed by atoms with Crippen LogP contribution in [0.2, 0.25) is 0 Å². The molecule has 0 bridgehead atoms. The van der Waals surface area contributed by atoms with Crippen LogP contribution in [-0.4, -0.2) is 72.9 Å². The van der Waals surface area contributed by atoms with Gasteiger partial charge in [-0.2, -0.15) is 0 Å². The largest absolute Gasteiger partial charge is 0.462 e. The van der Waals surface area contributed by atoms with Gasteiger partial charge < -0.3 is 30.3 Å². The van der Waals surface area contributed by atoms with Crippen molar-refractivity contribution in [1.29, 1.82) is 0 Å². The minimum absolute atomic E-state index is 0.104. The SMILES string of the molecule is C[C@@H]1C(=O)O[C@H](C)[C@H]1C[C@@H](O)[C@](C)(O)[C@H]1CC[C@@]2(O)C3=CC(=O)[C@@H]4C[C@H](O)[C@@H](O)C[C@]4(C)C3CC[C@]12C. The molecule has 37 heavy (non-hydrogen) atoms. The molecule has 0 aromatic rings. The average molecular weight is 521 g/mol. The first-order valence-corrected chi connectivity index (χ1v) is 14.0. The van der Waals surface area contributed by atoms with Crippen LogP contribution in [0, 0.1) is 40.4 Å². The van der Waals surface area contributed by atoms with Gasteiger partial charge in [0, 0.05) is 17.3 Å². The minimum atomic E-state index is -1.52. The Balaban J connectivity index is 1.44. The fourth-order valence-electron chi connectivity index (χ4n) is 9.39. The molecule has 0 spiro atoms. The molecule has 8 heteroatoms. The first-order valence-electron chi connectivity index (χ1n) is 14.0. The number of ether oxygens (including phenoxy) is 1. The van der Waals surface area contributed by atoms with Gasteiger partial charge in [-0.15, -0.1) is 0 Å². The summed E-state index contributed by atoms with van der Waals surface area (Å²) in [6.07, 6.45) is 1.21. The molecule has 5 rings (SSSR count). The third-order valence-corrected chi connectivity index (χ3v) is 11.9. The van der Waals surface area contributed by atoms with E-state index in [4.69, 9.17) is 4.74 Å². The van der Waals surface area contributed by atoms with Gasteiger partial charge >= 0.3 is 5.97 Å². The number of cyclic esters (lactones) is 1. The van der Waals surface area contributed by atoms with Gasteiger partial charge in [-0.1, -0.05) is 20.8 Å². The number of aliphatic hydroxyl groups is 5. The maximum atomic E-state index is 13.3. The van der Waals surface area contributed by atoms with Crippen molar-refractivity contribution in [2.75, 3.05) is 0 Å². The van der Waals surface area contributed by atoms with E-state index < -0.39 is 52.2 Å². The van der Waals surface area contributed by atoms with Crippen molar-refractivity contribution < 1.29 is 39.9 Å². The highest BCUT2D eigenvalue weighted by atomic mass is 16.6. The molecule has 3 saturated carbocycles. The predicted molar refractivity (Wildman–Crippen MR) is 134 cm³/mol. The molecule has 0 aromatic carbocycles. The Morgan fingerprint density at radius 3 is 2.41 bits per heavy atom. The van der Waals surface area contributed by atoms with Crippen LogP contribution in [0.15, 0.2) is 11.6 Å². The molecule has 13 atom stereocenters. The lowest BCUT2D eigenvalue weighted by molar-refractivity contribution is -0.178. The number of allylic oxidation sites excluding steroid dienone is 1. The van der Waals surface area contributed by atoms with Gasteiger partial charge in [0.2, 0.25) is 0 Å². The summed E-state index contributed by atoms with van der Waals surface area (Å²) in [7, 11) is 0. The Bertz CT molecular complexity index is 1010. The zero-order valence-corrected chi connectivity index (χ0v) is 22.7. The Hall–Kier alpha value is -1.32. The summed E-state index contributed by atoms with van der Waals surface area (Å²) in [4.78, 5) is 25.4. The van der Waals surface area contributed by atoms with Gasteiger partial charge in [-0.25, -0.2) is 0 Å². The molecule has 1 heterocycles. The fraction of sp³-hybridized carbons (Fsp3) is 0.862. The lowest BCUT2D eigenvalue weighted by Crippen LogP contribution is -2.63. The number of rotatable bonds is 4. The lowest BCUT2D eigenvalue weighted by Gasteiger charge is -2.60. The highest BCUT2D eigenvalue weighted by Gasteiger charge is 2.69. The monoisotopic (exact) mass is 520 g/mol. The van der Waals surface area contributed by atoms with E-state index in [-0.39, 0.29) is 48.5 Å². The molecule has 5 N–H and O–H groups in total. The second kappa shape index (κ2) is 8.59. The molecule has 0 radical (unpaired) electrons. The van der Waals surface area contributed by atoms with Crippen LogP contribution in [0.3, 0.4) is 0 Å². The number of esters is 1. The topological polar surface area (TPSA) is 145 Å². The summed E-state index contributed by atoms with van der Waals surface area (Å²) in [5.74, 6) is -1.88. The van der Waals surface area contributed by atoms with E-state index in [1.807, 2.05) is 20.8 Å². The molecular weight excluding hydrogens is 476 g/mol. The zero-order valence-electron chi connectivity index (χ0n) is 22.7. The van der Waals surface area contributed by atoms with E-state index in [1.165, 1.54) is 0 Å². The smallest absolute Gasteiger partial charge is 0.309 e. The maximum Gasteiger partial charge on any atom is 0.309 e.